The van der Waals surface area contributed by atoms with E-state index in [0.29, 0.717) is 0 Å². The fourth-order valence-corrected chi connectivity index (χ4v) is 2.58. The van der Waals surface area contributed by atoms with Gasteiger partial charge in [-0.15, -0.1) is 0 Å². The van der Waals surface area contributed by atoms with Crippen molar-refractivity contribution in [2.24, 2.45) is 11.7 Å². The molecule has 2 unspecified atom stereocenters. The first kappa shape index (κ1) is 18.7. The van der Waals surface area contributed by atoms with E-state index in [-0.39, 0.29) is 11.4 Å². The third-order valence-electron chi connectivity index (χ3n) is 3.51. The summed E-state index contributed by atoms with van der Waals surface area (Å²) in [5, 5.41) is 9.16. The number of esters is 1. The molecule has 0 saturated carbocycles. The van der Waals surface area contributed by atoms with Crippen LogP contribution in [-0.4, -0.2) is 40.8 Å². The number of amides is 1. The van der Waals surface area contributed by atoms with Gasteiger partial charge in [-0.25, -0.2) is 0 Å². The van der Waals surface area contributed by atoms with Crippen LogP contribution in [0.25, 0.3) is 0 Å². The van der Waals surface area contributed by atoms with Gasteiger partial charge >= 0.3 is 11.9 Å². The van der Waals surface area contributed by atoms with Gasteiger partial charge in [0.2, 0.25) is 5.91 Å². The molecular weight excluding hydrogens is 328 g/mol. The number of nitrogens with two attached hydrogens (primary N) is 1. The highest BCUT2D eigenvalue weighted by molar-refractivity contribution is 6.10. The van der Waals surface area contributed by atoms with Crippen molar-refractivity contribution in [2.45, 2.75) is 39.0 Å². The highest BCUT2D eigenvalue weighted by atomic mass is 16.6. The van der Waals surface area contributed by atoms with Gasteiger partial charge in [-0.05, 0) is 39.8 Å². The van der Waals surface area contributed by atoms with E-state index in [4.69, 9.17) is 20.3 Å². The minimum absolute atomic E-state index is 0.216. The van der Waals surface area contributed by atoms with Crippen LogP contribution in [-0.2, 0) is 19.1 Å². The summed E-state index contributed by atoms with van der Waals surface area (Å²) in [5.41, 5.74) is 3.81. The molecule has 0 fully saturated rings. The number of carbonyl (C=O) groups is 3. The van der Waals surface area contributed by atoms with Crippen molar-refractivity contribution >= 4 is 23.5 Å². The van der Waals surface area contributed by atoms with Crippen molar-refractivity contribution in [2.75, 3.05) is 11.4 Å². The molecule has 2 atom stereocenters. The number of fused-ring (bicyclic) bond motifs is 1. The number of para-hydroxylation sites is 2. The van der Waals surface area contributed by atoms with Crippen molar-refractivity contribution in [3.63, 3.8) is 0 Å². The van der Waals surface area contributed by atoms with Gasteiger partial charge < -0.3 is 14.6 Å². The van der Waals surface area contributed by atoms with Gasteiger partial charge in [0.15, 0.2) is 11.6 Å². The summed E-state index contributed by atoms with van der Waals surface area (Å²) in [6.07, 6.45) is 0. The second-order valence-electron chi connectivity index (χ2n) is 7.04. The number of carbonyl (C=O) groups excluding carboxylic acids is 2. The summed E-state index contributed by atoms with van der Waals surface area (Å²) in [4.78, 5) is 37.8. The van der Waals surface area contributed by atoms with Crippen molar-refractivity contribution < 1.29 is 29.0 Å². The fraction of sp³-hybridized carbons (Fsp3) is 0.471. The molecule has 0 aliphatic carbocycles. The third-order valence-corrected chi connectivity index (χ3v) is 3.51. The topological polar surface area (TPSA) is 119 Å². The van der Waals surface area contributed by atoms with Gasteiger partial charge in [-0.3, -0.25) is 25.0 Å². The van der Waals surface area contributed by atoms with Crippen LogP contribution in [0.15, 0.2) is 24.3 Å². The number of rotatable bonds is 3. The van der Waals surface area contributed by atoms with Gasteiger partial charge in [0, 0.05) is 0 Å². The molecule has 1 heterocycles. The Balaban J connectivity index is 2.53. The monoisotopic (exact) mass is 350 g/mol. The molecule has 25 heavy (non-hydrogen) atoms. The Kier molecular flexibility index (Phi) is 4.76. The van der Waals surface area contributed by atoms with Crippen molar-refractivity contribution in [3.8, 4) is 5.75 Å². The fourth-order valence-electron chi connectivity index (χ4n) is 2.58. The Morgan fingerprint density at radius 2 is 1.96 bits per heavy atom. The molecule has 0 spiro atoms. The van der Waals surface area contributed by atoms with Gasteiger partial charge in [0.1, 0.15) is 17.9 Å². The molecule has 1 aliphatic heterocycles. The smallest absolute Gasteiger partial charge is 0.324 e. The molecule has 0 radical (unpaired) electrons. The zero-order valence-electron chi connectivity index (χ0n) is 14.6. The van der Waals surface area contributed by atoms with Gasteiger partial charge in [-0.2, -0.15) is 0 Å². The number of carboxylic acids is 1. The average molecular weight is 350 g/mol. The second-order valence-corrected chi connectivity index (χ2v) is 7.04. The summed E-state index contributed by atoms with van der Waals surface area (Å²) in [7, 11) is 0. The van der Waals surface area contributed by atoms with E-state index in [1.165, 1.54) is 13.0 Å². The first-order valence-corrected chi connectivity index (χ1v) is 7.75. The highest BCUT2D eigenvalue weighted by Crippen LogP contribution is 2.37. The zero-order chi connectivity index (χ0) is 19.0. The lowest BCUT2D eigenvalue weighted by atomic mass is 9.96. The lowest BCUT2D eigenvalue weighted by Crippen LogP contribution is -2.58. The van der Waals surface area contributed by atoms with Crippen LogP contribution in [0.3, 0.4) is 0 Å². The van der Waals surface area contributed by atoms with Crippen LogP contribution in [0.5, 0.6) is 5.75 Å². The standard InChI is InChI=1S/C17H22N2O6/c1-16(2,3)25-15(23)13-14(22)19(9-12(20)21)10-7-5-6-8-11(10)24-17(13,4)18/h5-8,13H,9,18H2,1-4H3,(H,20,21). The average Bonchev–Trinajstić information content (AvgIpc) is 2.49. The molecular formula is C17H22N2O6. The second kappa shape index (κ2) is 6.36. The molecule has 1 aromatic rings. The molecule has 0 saturated heterocycles. The Morgan fingerprint density at radius 1 is 1.36 bits per heavy atom. The molecule has 8 heteroatoms. The quantitative estimate of drug-likeness (QED) is 0.619. The van der Waals surface area contributed by atoms with E-state index in [0.717, 1.165) is 4.90 Å². The van der Waals surface area contributed by atoms with Crippen molar-refractivity contribution in [3.05, 3.63) is 24.3 Å². The molecule has 1 aromatic carbocycles. The maximum atomic E-state index is 13.0. The lowest BCUT2D eigenvalue weighted by Gasteiger charge is -2.32. The molecule has 2 rings (SSSR count). The summed E-state index contributed by atoms with van der Waals surface area (Å²) in [6, 6.07) is 6.38. The number of hydrogen-bond acceptors (Lipinski definition) is 6. The van der Waals surface area contributed by atoms with Crippen LogP contribution < -0.4 is 15.4 Å². The van der Waals surface area contributed by atoms with Crippen molar-refractivity contribution in [1.82, 2.24) is 0 Å². The Morgan fingerprint density at radius 3 is 2.52 bits per heavy atom. The number of anilines is 1. The predicted molar refractivity (Wildman–Crippen MR) is 89.0 cm³/mol. The molecule has 1 amide bonds. The van der Waals surface area contributed by atoms with Gasteiger partial charge in [-0.1, -0.05) is 12.1 Å². The molecule has 8 nitrogen and oxygen atoms in total. The van der Waals surface area contributed by atoms with E-state index in [9.17, 15) is 14.4 Å². The molecule has 1 aliphatic rings. The first-order chi connectivity index (χ1) is 11.4. The lowest BCUT2D eigenvalue weighted by molar-refractivity contribution is -0.169. The van der Waals surface area contributed by atoms with E-state index in [1.54, 1.807) is 39.0 Å². The van der Waals surface area contributed by atoms with Gasteiger partial charge in [0.05, 0.1) is 5.69 Å². The molecule has 136 valence electrons. The van der Waals surface area contributed by atoms with E-state index in [2.05, 4.69) is 0 Å². The number of ether oxygens (including phenoxy) is 2. The van der Waals surface area contributed by atoms with Crippen LogP contribution in [0.1, 0.15) is 27.7 Å². The highest BCUT2D eigenvalue weighted by Gasteiger charge is 2.51. The first-order valence-electron chi connectivity index (χ1n) is 7.75. The number of benzene rings is 1. The Labute approximate surface area is 145 Å². The minimum Gasteiger partial charge on any atom is -0.480 e. The zero-order valence-corrected chi connectivity index (χ0v) is 14.6. The molecule has 0 aromatic heterocycles. The minimum atomic E-state index is -1.71. The van der Waals surface area contributed by atoms with E-state index < -0.39 is 41.6 Å². The largest absolute Gasteiger partial charge is 0.480 e. The SMILES string of the molecule is CC(C)(C)OC(=O)C1C(=O)N(CC(=O)O)c2ccccc2OC1(C)N. The predicted octanol–water partition coefficient (Wildman–Crippen LogP) is 1.13. The Bertz CT molecular complexity index is 707. The summed E-state index contributed by atoms with van der Waals surface area (Å²) >= 11 is 0. The summed E-state index contributed by atoms with van der Waals surface area (Å²) in [5.74, 6) is -4.18. The number of nitrogens with zero attached hydrogens (tertiary/aromatic N) is 1. The number of aliphatic carboxylic acids is 1. The molecule has 3 N–H and O–H groups in total. The number of carboxylic acid groups (broad SMARTS) is 1. The third kappa shape index (κ3) is 4.08. The van der Waals surface area contributed by atoms with Crippen LogP contribution in [0.4, 0.5) is 5.69 Å². The maximum absolute atomic E-state index is 13.0. The van der Waals surface area contributed by atoms with Crippen LogP contribution in [0.2, 0.25) is 0 Å². The van der Waals surface area contributed by atoms with E-state index >= 15 is 0 Å². The van der Waals surface area contributed by atoms with Gasteiger partial charge in [0.25, 0.3) is 0 Å². The maximum Gasteiger partial charge on any atom is 0.324 e. The summed E-state index contributed by atoms with van der Waals surface area (Å²) < 4.78 is 11.0. The van der Waals surface area contributed by atoms with Crippen LogP contribution in [0, 0.1) is 5.92 Å². The summed E-state index contributed by atoms with van der Waals surface area (Å²) in [6.45, 7) is 5.73. The molecule has 0 bridgehead atoms. The van der Waals surface area contributed by atoms with Crippen LogP contribution >= 0.6 is 0 Å². The number of hydrogen-bond donors (Lipinski definition) is 2. The Hall–Kier alpha value is -2.61. The van der Waals surface area contributed by atoms with E-state index in [1.807, 2.05) is 0 Å². The normalized spacial score (nSPS) is 23.3. The van der Waals surface area contributed by atoms with Crippen molar-refractivity contribution in [1.29, 1.82) is 0 Å².